The van der Waals surface area contributed by atoms with Gasteiger partial charge in [0.05, 0.1) is 22.9 Å². The van der Waals surface area contributed by atoms with Gasteiger partial charge in [-0.05, 0) is 25.1 Å². The Balaban J connectivity index is 1.84. The van der Waals surface area contributed by atoms with Crippen LogP contribution in [0.4, 0.5) is 5.69 Å². The molecule has 0 spiro atoms. The average Bonchev–Trinajstić information content (AvgIpc) is 3.08. The van der Waals surface area contributed by atoms with Gasteiger partial charge in [0.2, 0.25) is 0 Å². The van der Waals surface area contributed by atoms with Crippen LogP contribution in [0.1, 0.15) is 38.0 Å². The van der Waals surface area contributed by atoms with E-state index < -0.39 is 0 Å². The highest BCUT2D eigenvalue weighted by Crippen LogP contribution is 2.24. The maximum Gasteiger partial charge on any atom is 0.261 e. The molecule has 112 valence electrons. The fourth-order valence-electron chi connectivity index (χ4n) is 2.30. The predicted octanol–water partition coefficient (Wildman–Crippen LogP) is 1.38. The van der Waals surface area contributed by atoms with Crippen LogP contribution >= 0.6 is 0 Å². The topological polar surface area (TPSA) is 84.3 Å². The molecule has 2 aromatic rings. The molecule has 0 fully saturated rings. The first-order valence-electron chi connectivity index (χ1n) is 6.81. The minimum Gasteiger partial charge on any atom is -0.322 e. The van der Waals surface area contributed by atoms with E-state index in [1.165, 1.54) is 19.3 Å². The molecule has 3 amide bonds. The zero-order valence-corrected chi connectivity index (χ0v) is 12.2. The van der Waals surface area contributed by atoms with E-state index >= 15 is 0 Å². The number of aromatic nitrogens is 2. The third-order valence-electron chi connectivity index (χ3n) is 3.57. The van der Waals surface area contributed by atoms with Gasteiger partial charge in [0, 0.05) is 25.5 Å². The minimum atomic E-state index is -0.366. The number of aryl methyl sites for hydroxylation is 1. The van der Waals surface area contributed by atoms with E-state index in [1.807, 2.05) is 6.92 Å². The van der Waals surface area contributed by atoms with Crippen LogP contribution in [0, 0.1) is 0 Å². The zero-order chi connectivity index (χ0) is 15.9. The van der Waals surface area contributed by atoms with Crippen molar-refractivity contribution in [1.82, 2.24) is 14.7 Å². The molecule has 0 unspecified atom stereocenters. The molecule has 0 saturated carbocycles. The third-order valence-corrected chi connectivity index (χ3v) is 3.57. The summed E-state index contributed by atoms with van der Waals surface area (Å²) in [5, 5.41) is 6.74. The van der Waals surface area contributed by atoms with E-state index in [9.17, 15) is 14.4 Å². The number of hydrogen-bond acceptors (Lipinski definition) is 4. The molecule has 0 saturated heterocycles. The molecule has 0 atom stereocenters. The van der Waals surface area contributed by atoms with Crippen molar-refractivity contribution in [3.8, 4) is 0 Å². The first-order valence-corrected chi connectivity index (χ1v) is 6.81. The number of nitrogens with zero attached hydrogens (tertiary/aromatic N) is 3. The molecule has 1 aromatic carbocycles. The van der Waals surface area contributed by atoms with Crippen molar-refractivity contribution in [2.75, 3.05) is 12.4 Å². The van der Waals surface area contributed by atoms with Crippen molar-refractivity contribution in [1.29, 1.82) is 0 Å². The fourth-order valence-corrected chi connectivity index (χ4v) is 2.30. The highest BCUT2D eigenvalue weighted by atomic mass is 16.2. The second-order valence-electron chi connectivity index (χ2n) is 4.97. The number of amides is 3. The summed E-state index contributed by atoms with van der Waals surface area (Å²) < 4.78 is 1.65. The normalized spacial score (nSPS) is 13.5. The van der Waals surface area contributed by atoms with Gasteiger partial charge in [0.15, 0.2) is 0 Å². The number of fused-ring (bicyclic) bond motifs is 1. The van der Waals surface area contributed by atoms with E-state index in [0.717, 1.165) is 4.90 Å². The molecule has 3 rings (SSSR count). The van der Waals surface area contributed by atoms with Crippen LogP contribution in [-0.2, 0) is 6.54 Å². The smallest absolute Gasteiger partial charge is 0.261 e. The second kappa shape index (κ2) is 5.10. The maximum absolute atomic E-state index is 12.1. The summed E-state index contributed by atoms with van der Waals surface area (Å²) in [7, 11) is 1.43. The van der Waals surface area contributed by atoms with Crippen molar-refractivity contribution in [2.24, 2.45) is 0 Å². The number of rotatable bonds is 3. The van der Waals surface area contributed by atoms with Crippen LogP contribution in [0.5, 0.6) is 0 Å². The van der Waals surface area contributed by atoms with Crippen LogP contribution in [-0.4, -0.2) is 39.4 Å². The molecule has 7 nitrogen and oxygen atoms in total. The minimum absolute atomic E-state index is 0.301. The van der Waals surface area contributed by atoms with E-state index in [0.29, 0.717) is 28.9 Å². The molecule has 1 aromatic heterocycles. The van der Waals surface area contributed by atoms with Crippen LogP contribution < -0.4 is 5.32 Å². The lowest BCUT2D eigenvalue weighted by atomic mass is 10.1. The lowest BCUT2D eigenvalue weighted by Crippen LogP contribution is -2.24. The van der Waals surface area contributed by atoms with Crippen LogP contribution in [0.25, 0.3) is 0 Å². The number of imide groups is 1. The van der Waals surface area contributed by atoms with E-state index in [-0.39, 0.29) is 17.7 Å². The molecule has 7 heteroatoms. The Bertz CT molecular complexity index is 794. The predicted molar refractivity (Wildman–Crippen MR) is 78.7 cm³/mol. The van der Waals surface area contributed by atoms with Crippen molar-refractivity contribution >= 4 is 23.4 Å². The second-order valence-corrected chi connectivity index (χ2v) is 4.97. The van der Waals surface area contributed by atoms with Crippen LogP contribution in [0.3, 0.4) is 0 Å². The molecule has 1 aliphatic rings. The third kappa shape index (κ3) is 2.16. The lowest BCUT2D eigenvalue weighted by Gasteiger charge is -2.04. The SMILES string of the molecule is CCn1cc(C(=O)Nc2ccc3c(c2)C(=O)N(C)C3=O)cn1. The summed E-state index contributed by atoms with van der Waals surface area (Å²) in [5.41, 5.74) is 1.55. The van der Waals surface area contributed by atoms with Crippen LogP contribution in [0.15, 0.2) is 30.6 Å². The first kappa shape index (κ1) is 14.0. The molecule has 2 heterocycles. The first-order chi connectivity index (χ1) is 10.5. The number of nitrogens with one attached hydrogen (secondary N) is 1. The Hall–Kier alpha value is -2.96. The lowest BCUT2D eigenvalue weighted by molar-refractivity contribution is 0.0692. The molecule has 0 bridgehead atoms. The summed E-state index contributed by atoms with van der Waals surface area (Å²) in [4.78, 5) is 36.9. The monoisotopic (exact) mass is 298 g/mol. The molecule has 1 N–H and O–H groups in total. The van der Waals surface area contributed by atoms with E-state index in [4.69, 9.17) is 0 Å². The summed E-state index contributed by atoms with van der Waals surface area (Å²) >= 11 is 0. The molecular weight excluding hydrogens is 284 g/mol. The Morgan fingerprint density at radius 3 is 2.64 bits per heavy atom. The van der Waals surface area contributed by atoms with Gasteiger partial charge in [-0.3, -0.25) is 24.0 Å². The summed E-state index contributed by atoms with van der Waals surface area (Å²) in [6, 6.07) is 4.66. The average molecular weight is 298 g/mol. The number of hydrogen-bond donors (Lipinski definition) is 1. The summed E-state index contributed by atoms with van der Waals surface area (Å²) in [6.07, 6.45) is 3.12. The molecule has 22 heavy (non-hydrogen) atoms. The summed E-state index contributed by atoms with van der Waals surface area (Å²) in [5.74, 6) is -1.01. The van der Waals surface area contributed by atoms with Crippen molar-refractivity contribution in [2.45, 2.75) is 13.5 Å². The standard InChI is InChI=1S/C15H14N4O3/c1-3-19-8-9(7-16-19)13(20)17-10-4-5-11-12(6-10)15(22)18(2)14(11)21/h4-8H,3H2,1-2H3,(H,17,20). The van der Waals surface area contributed by atoms with Crippen molar-refractivity contribution in [3.05, 3.63) is 47.3 Å². The van der Waals surface area contributed by atoms with E-state index in [2.05, 4.69) is 10.4 Å². The molecule has 0 radical (unpaired) electrons. The molecule has 1 aliphatic heterocycles. The number of anilines is 1. The summed E-state index contributed by atoms with van der Waals surface area (Å²) in [6.45, 7) is 2.60. The fraction of sp³-hybridized carbons (Fsp3) is 0.200. The van der Waals surface area contributed by atoms with Gasteiger partial charge in [-0.1, -0.05) is 0 Å². The highest BCUT2D eigenvalue weighted by molar-refractivity contribution is 6.21. The van der Waals surface area contributed by atoms with Crippen molar-refractivity contribution < 1.29 is 14.4 Å². The van der Waals surface area contributed by atoms with Gasteiger partial charge in [-0.15, -0.1) is 0 Å². The Kier molecular flexibility index (Phi) is 3.25. The zero-order valence-electron chi connectivity index (χ0n) is 12.2. The number of carbonyl (C=O) groups is 3. The quantitative estimate of drug-likeness (QED) is 0.868. The largest absolute Gasteiger partial charge is 0.322 e. The Morgan fingerprint density at radius 2 is 1.95 bits per heavy atom. The maximum atomic E-state index is 12.1. The van der Waals surface area contributed by atoms with Gasteiger partial charge in [-0.2, -0.15) is 5.10 Å². The van der Waals surface area contributed by atoms with E-state index in [1.54, 1.807) is 23.0 Å². The Morgan fingerprint density at radius 1 is 1.23 bits per heavy atom. The Labute approximate surface area is 126 Å². The van der Waals surface area contributed by atoms with Gasteiger partial charge in [-0.25, -0.2) is 0 Å². The van der Waals surface area contributed by atoms with Gasteiger partial charge in [0.1, 0.15) is 0 Å². The van der Waals surface area contributed by atoms with Gasteiger partial charge < -0.3 is 5.32 Å². The number of carbonyl (C=O) groups excluding carboxylic acids is 3. The number of benzene rings is 1. The molecule has 0 aliphatic carbocycles. The molecular formula is C15H14N4O3. The highest BCUT2D eigenvalue weighted by Gasteiger charge is 2.32. The van der Waals surface area contributed by atoms with Gasteiger partial charge in [0.25, 0.3) is 17.7 Å². The van der Waals surface area contributed by atoms with Crippen molar-refractivity contribution in [3.63, 3.8) is 0 Å². The van der Waals surface area contributed by atoms with Gasteiger partial charge >= 0.3 is 0 Å². The van der Waals surface area contributed by atoms with Crippen LogP contribution in [0.2, 0.25) is 0 Å².